The molecular weight excluding hydrogens is 312 g/mol. The molecule has 7 heteroatoms. The number of hydrogen-bond donors (Lipinski definition) is 1. The van der Waals surface area contributed by atoms with E-state index in [1.165, 1.54) is 17.1 Å². The summed E-state index contributed by atoms with van der Waals surface area (Å²) in [5.74, 6) is 0.800. The molecule has 0 aliphatic carbocycles. The molecule has 1 aliphatic heterocycles. The van der Waals surface area contributed by atoms with E-state index in [4.69, 9.17) is 4.74 Å². The Balaban J connectivity index is 1.63. The number of amides is 1. The van der Waals surface area contributed by atoms with Crippen molar-refractivity contribution in [1.29, 1.82) is 0 Å². The third-order valence-electron chi connectivity index (χ3n) is 3.86. The zero-order valence-corrected chi connectivity index (χ0v) is 14.1. The molecule has 0 spiro atoms. The van der Waals surface area contributed by atoms with E-state index in [9.17, 15) is 4.79 Å². The third-order valence-corrected chi connectivity index (χ3v) is 4.55. The molecule has 23 heavy (non-hydrogen) atoms. The fraction of sp³-hybridized carbons (Fsp3) is 0.438. The van der Waals surface area contributed by atoms with Crippen LogP contribution in [0.15, 0.2) is 24.3 Å². The average molecular weight is 332 g/mol. The highest BCUT2D eigenvalue weighted by Crippen LogP contribution is 2.28. The van der Waals surface area contributed by atoms with Crippen LogP contribution in [0, 0.1) is 0 Å². The molecule has 1 amide bonds. The van der Waals surface area contributed by atoms with E-state index in [0.29, 0.717) is 18.2 Å². The Bertz CT molecular complexity index is 688. The summed E-state index contributed by atoms with van der Waals surface area (Å²) in [4.78, 5) is 18.9. The van der Waals surface area contributed by atoms with Gasteiger partial charge in [-0.1, -0.05) is 18.2 Å². The zero-order chi connectivity index (χ0) is 16.2. The van der Waals surface area contributed by atoms with Crippen LogP contribution in [-0.2, 0) is 22.4 Å². The summed E-state index contributed by atoms with van der Waals surface area (Å²) >= 11 is 1.28. The summed E-state index contributed by atoms with van der Waals surface area (Å²) in [5, 5.41) is 3.83. The smallest absolute Gasteiger partial charge is 0.249 e. The van der Waals surface area contributed by atoms with Crippen molar-refractivity contribution < 1.29 is 9.53 Å². The maximum atomic E-state index is 12.7. The molecule has 0 bridgehead atoms. The highest BCUT2D eigenvalue weighted by atomic mass is 32.1. The van der Waals surface area contributed by atoms with E-state index in [-0.39, 0.29) is 11.9 Å². The second-order valence-corrected chi connectivity index (χ2v) is 6.25. The maximum absolute atomic E-state index is 12.7. The predicted molar refractivity (Wildman–Crippen MR) is 91.1 cm³/mol. The summed E-state index contributed by atoms with van der Waals surface area (Å²) in [5.41, 5.74) is 2.25. The van der Waals surface area contributed by atoms with Gasteiger partial charge in [0.15, 0.2) is 0 Å². The highest BCUT2D eigenvalue weighted by molar-refractivity contribution is 7.09. The fourth-order valence-electron chi connectivity index (χ4n) is 2.66. The number of carbonyl (C=O) groups excluding carboxylic acids is 1. The number of carbonyl (C=O) groups is 1. The van der Waals surface area contributed by atoms with Gasteiger partial charge in [0.2, 0.25) is 11.0 Å². The molecular formula is C16H20N4O2S. The second kappa shape index (κ2) is 7.06. The molecule has 3 rings (SSSR count). The van der Waals surface area contributed by atoms with E-state index in [0.717, 1.165) is 24.5 Å². The fourth-order valence-corrected chi connectivity index (χ4v) is 3.35. The Morgan fingerprint density at radius 2 is 2.30 bits per heavy atom. The van der Waals surface area contributed by atoms with Crippen molar-refractivity contribution in [3.63, 3.8) is 0 Å². The molecule has 1 unspecified atom stereocenters. The van der Waals surface area contributed by atoms with E-state index in [2.05, 4.69) is 20.7 Å². The molecule has 1 atom stereocenters. The lowest BCUT2D eigenvalue weighted by Crippen LogP contribution is -2.40. The number of rotatable bonds is 6. The van der Waals surface area contributed by atoms with Gasteiger partial charge in [-0.3, -0.25) is 4.79 Å². The lowest BCUT2D eigenvalue weighted by molar-refractivity contribution is -0.118. The van der Waals surface area contributed by atoms with Crippen molar-refractivity contribution in [2.75, 3.05) is 30.5 Å². The predicted octanol–water partition coefficient (Wildman–Crippen LogP) is 2.12. The minimum atomic E-state index is -0.343. The minimum Gasteiger partial charge on any atom is -0.384 e. The quantitative estimate of drug-likeness (QED) is 0.877. The average Bonchev–Trinajstić information content (AvgIpc) is 3.18. The number of anilines is 2. The molecule has 1 aliphatic rings. The largest absolute Gasteiger partial charge is 0.384 e. The van der Waals surface area contributed by atoms with Crippen LogP contribution in [0.2, 0.25) is 0 Å². The van der Waals surface area contributed by atoms with E-state index >= 15 is 0 Å². The Morgan fingerprint density at radius 3 is 3.13 bits per heavy atom. The molecule has 2 aromatic rings. The van der Waals surface area contributed by atoms with Gasteiger partial charge in [-0.05, 0) is 25.0 Å². The molecule has 0 radical (unpaired) electrons. The number of methoxy groups -OCH3 is 1. The van der Waals surface area contributed by atoms with Gasteiger partial charge in [0.05, 0.1) is 6.61 Å². The van der Waals surface area contributed by atoms with Crippen LogP contribution in [0.1, 0.15) is 18.3 Å². The number of nitrogens with one attached hydrogen (secondary N) is 1. The lowest BCUT2D eigenvalue weighted by Gasteiger charge is -2.22. The summed E-state index contributed by atoms with van der Waals surface area (Å²) in [6.07, 6.45) is 1.59. The van der Waals surface area contributed by atoms with Gasteiger partial charge in [-0.2, -0.15) is 4.37 Å². The molecule has 0 fully saturated rings. The van der Waals surface area contributed by atoms with Crippen molar-refractivity contribution in [3.8, 4) is 0 Å². The first-order chi connectivity index (χ1) is 11.2. The molecule has 122 valence electrons. The van der Waals surface area contributed by atoms with E-state index in [1.807, 2.05) is 30.0 Å². The molecule has 1 aromatic heterocycles. The normalized spacial score (nSPS) is 14.6. The lowest BCUT2D eigenvalue weighted by atomic mass is 10.2. The zero-order valence-electron chi connectivity index (χ0n) is 13.3. The number of aromatic nitrogens is 2. The van der Waals surface area contributed by atoms with Crippen molar-refractivity contribution in [3.05, 3.63) is 35.7 Å². The Hall–Kier alpha value is -1.99. The molecule has 0 saturated carbocycles. The number of ether oxygens (including phenoxy) is 1. The monoisotopic (exact) mass is 332 g/mol. The number of benzene rings is 1. The van der Waals surface area contributed by atoms with Gasteiger partial charge >= 0.3 is 0 Å². The van der Waals surface area contributed by atoms with Crippen molar-refractivity contribution in [1.82, 2.24) is 9.36 Å². The van der Waals surface area contributed by atoms with E-state index in [1.54, 1.807) is 7.11 Å². The first kappa shape index (κ1) is 15.9. The SMILES string of the molecule is COCCc1nsc(NC(C)C(=O)N2CCc3ccccc32)n1. The Kier molecular flexibility index (Phi) is 4.88. The van der Waals surface area contributed by atoms with Gasteiger partial charge in [0.25, 0.3) is 0 Å². The number of hydrogen-bond acceptors (Lipinski definition) is 6. The van der Waals surface area contributed by atoms with Crippen molar-refractivity contribution >= 4 is 28.3 Å². The van der Waals surface area contributed by atoms with Crippen LogP contribution in [0.4, 0.5) is 10.8 Å². The van der Waals surface area contributed by atoms with E-state index < -0.39 is 0 Å². The number of nitrogens with zero attached hydrogens (tertiary/aromatic N) is 3. The topological polar surface area (TPSA) is 67.3 Å². The summed E-state index contributed by atoms with van der Waals surface area (Å²) in [6, 6.07) is 7.71. The first-order valence-electron chi connectivity index (χ1n) is 7.66. The molecule has 6 nitrogen and oxygen atoms in total. The minimum absolute atomic E-state index is 0.0589. The van der Waals surface area contributed by atoms with Crippen molar-refractivity contribution in [2.24, 2.45) is 0 Å². The van der Waals surface area contributed by atoms with Gasteiger partial charge in [0.1, 0.15) is 11.9 Å². The van der Waals surface area contributed by atoms with Gasteiger partial charge in [0, 0.05) is 37.3 Å². The molecule has 0 saturated heterocycles. The molecule has 2 heterocycles. The van der Waals surface area contributed by atoms with Gasteiger partial charge < -0.3 is 15.0 Å². The van der Waals surface area contributed by atoms with Crippen LogP contribution < -0.4 is 10.2 Å². The summed E-state index contributed by atoms with van der Waals surface area (Å²) in [6.45, 7) is 3.19. The summed E-state index contributed by atoms with van der Waals surface area (Å²) < 4.78 is 9.28. The third kappa shape index (κ3) is 3.51. The van der Waals surface area contributed by atoms with Crippen LogP contribution in [-0.4, -0.2) is 41.6 Å². The van der Waals surface area contributed by atoms with Gasteiger partial charge in [-0.15, -0.1) is 0 Å². The number of fused-ring (bicyclic) bond motifs is 1. The van der Waals surface area contributed by atoms with Crippen molar-refractivity contribution in [2.45, 2.75) is 25.8 Å². The van der Waals surface area contributed by atoms with Crippen LogP contribution >= 0.6 is 11.5 Å². The van der Waals surface area contributed by atoms with Crippen LogP contribution in [0.3, 0.4) is 0 Å². The van der Waals surface area contributed by atoms with Gasteiger partial charge in [-0.25, -0.2) is 4.98 Å². The molecule has 1 N–H and O–H groups in total. The first-order valence-corrected chi connectivity index (χ1v) is 8.43. The van der Waals surface area contributed by atoms with Crippen LogP contribution in [0.5, 0.6) is 0 Å². The maximum Gasteiger partial charge on any atom is 0.249 e. The highest BCUT2D eigenvalue weighted by Gasteiger charge is 2.28. The Labute approximate surface area is 139 Å². The van der Waals surface area contributed by atoms with Crippen LogP contribution in [0.25, 0.3) is 0 Å². The standard InChI is InChI=1S/C16H20N4O2S/c1-11(17-16-18-14(19-23-16)8-10-22-2)15(21)20-9-7-12-5-3-4-6-13(12)20/h3-6,11H,7-10H2,1-2H3,(H,17,18,19). The summed E-state index contributed by atoms with van der Waals surface area (Å²) in [7, 11) is 1.65. The Morgan fingerprint density at radius 1 is 1.48 bits per heavy atom. The molecule has 1 aromatic carbocycles. The number of para-hydroxylation sites is 1. The second-order valence-electron chi connectivity index (χ2n) is 5.49.